The molecule has 1 fully saturated rings. The number of hydrogen-bond donors (Lipinski definition) is 3. The van der Waals surface area contributed by atoms with E-state index in [-0.39, 0.29) is 48.1 Å². The topological polar surface area (TPSA) is 135 Å². The molecule has 0 spiro atoms. The number of hydrogen-bond acceptors (Lipinski definition) is 7. The highest BCUT2D eigenvalue weighted by Gasteiger charge is 2.54. The number of rotatable bonds is 6. The van der Waals surface area contributed by atoms with E-state index in [1.165, 1.54) is 0 Å². The molecule has 35 heavy (non-hydrogen) atoms. The molecule has 0 bridgehead atoms. The first-order chi connectivity index (χ1) is 16.8. The minimum absolute atomic E-state index is 0.108. The van der Waals surface area contributed by atoms with Gasteiger partial charge in [-0.15, -0.1) is 0 Å². The van der Waals surface area contributed by atoms with Crippen molar-refractivity contribution in [2.24, 2.45) is 10.8 Å². The Labute approximate surface area is 201 Å². The lowest BCUT2D eigenvalue weighted by molar-refractivity contribution is -0.0787. The molecule has 9 nitrogen and oxygen atoms in total. The number of imide groups is 2. The van der Waals surface area contributed by atoms with Gasteiger partial charge in [0.1, 0.15) is 0 Å². The molecule has 4 amide bonds. The zero-order valence-corrected chi connectivity index (χ0v) is 19.0. The molecule has 0 radical (unpaired) electrons. The molecule has 182 valence electrons. The van der Waals surface area contributed by atoms with Crippen LogP contribution < -0.4 is 0 Å². The van der Waals surface area contributed by atoms with Crippen molar-refractivity contribution in [2.75, 3.05) is 26.4 Å². The molecule has 2 atom stereocenters. The summed E-state index contributed by atoms with van der Waals surface area (Å²) in [6, 6.07) is 12.2. The van der Waals surface area contributed by atoms with Gasteiger partial charge in [0.25, 0.3) is 23.6 Å². The van der Waals surface area contributed by atoms with Crippen LogP contribution in [-0.4, -0.2) is 81.2 Å². The summed E-state index contributed by atoms with van der Waals surface area (Å²) in [4.78, 5) is 54.7. The molecular formula is C26H26N2O7. The number of carbonyl (C=O) groups is 4. The van der Waals surface area contributed by atoms with E-state index in [1.807, 2.05) is 0 Å². The summed E-state index contributed by atoms with van der Waals surface area (Å²) < 4.78 is 0. The molecule has 1 saturated carbocycles. The van der Waals surface area contributed by atoms with Crippen LogP contribution in [0.1, 0.15) is 60.7 Å². The van der Waals surface area contributed by atoms with Gasteiger partial charge < -0.3 is 15.3 Å². The van der Waals surface area contributed by atoms with Crippen molar-refractivity contribution in [2.45, 2.75) is 25.3 Å². The second kappa shape index (κ2) is 8.37. The number of benzene rings is 2. The number of carbonyl (C=O) groups excluding carboxylic acids is 4. The Morgan fingerprint density at radius 2 is 1.06 bits per heavy atom. The number of aliphatic hydroxyl groups excluding tert-OH is 3. The molecule has 2 heterocycles. The van der Waals surface area contributed by atoms with Gasteiger partial charge in [-0.1, -0.05) is 24.3 Å². The third-order valence-corrected chi connectivity index (χ3v) is 7.66. The van der Waals surface area contributed by atoms with E-state index in [2.05, 4.69) is 0 Å². The van der Waals surface area contributed by atoms with E-state index in [0.717, 1.165) is 9.80 Å². The molecule has 1 aliphatic carbocycles. The fourth-order valence-corrected chi connectivity index (χ4v) is 6.03. The zero-order valence-electron chi connectivity index (χ0n) is 19.0. The largest absolute Gasteiger partial charge is 0.396 e. The highest BCUT2D eigenvalue weighted by Crippen LogP contribution is 2.49. The third-order valence-electron chi connectivity index (χ3n) is 7.66. The smallest absolute Gasteiger partial charge is 0.261 e. The first-order valence-electron chi connectivity index (χ1n) is 11.5. The van der Waals surface area contributed by atoms with Crippen molar-refractivity contribution >= 4 is 23.6 Å². The lowest BCUT2D eigenvalue weighted by Crippen LogP contribution is -2.57. The monoisotopic (exact) mass is 478 g/mol. The van der Waals surface area contributed by atoms with E-state index in [0.29, 0.717) is 0 Å². The lowest BCUT2D eigenvalue weighted by atomic mass is 9.60. The van der Waals surface area contributed by atoms with Gasteiger partial charge in [0.2, 0.25) is 0 Å². The summed E-state index contributed by atoms with van der Waals surface area (Å²) in [5.74, 6) is -1.93. The second-order valence-electron chi connectivity index (χ2n) is 9.98. The molecule has 2 aromatic carbocycles. The number of aliphatic hydroxyl groups is 3. The van der Waals surface area contributed by atoms with Crippen molar-refractivity contribution in [3.8, 4) is 0 Å². The van der Waals surface area contributed by atoms with Crippen LogP contribution in [0.4, 0.5) is 0 Å². The fraction of sp³-hybridized carbons (Fsp3) is 0.385. The second-order valence-corrected chi connectivity index (χ2v) is 9.98. The van der Waals surface area contributed by atoms with Gasteiger partial charge in [-0.25, -0.2) is 0 Å². The molecule has 3 N–H and O–H groups in total. The quantitative estimate of drug-likeness (QED) is 0.529. The minimum atomic E-state index is -1.14. The molecule has 9 heteroatoms. The summed E-state index contributed by atoms with van der Waals surface area (Å²) in [6.45, 7) is -1.54. The Bertz CT molecular complexity index is 1170. The normalized spacial score (nSPS) is 25.3. The van der Waals surface area contributed by atoms with Crippen LogP contribution in [0.3, 0.4) is 0 Å². The molecule has 2 aromatic rings. The van der Waals surface area contributed by atoms with Crippen LogP contribution in [0.2, 0.25) is 0 Å². The molecule has 2 unspecified atom stereocenters. The van der Waals surface area contributed by atoms with Crippen molar-refractivity contribution < 1.29 is 34.5 Å². The van der Waals surface area contributed by atoms with Gasteiger partial charge in [-0.05, 0) is 43.5 Å². The molecule has 2 aliphatic heterocycles. The molecular weight excluding hydrogens is 452 g/mol. The van der Waals surface area contributed by atoms with Crippen molar-refractivity contribution in [1.82, 2.24) is 9.80 Å². The van der Waals surface area contributed by atoms with E-state index in [4.69, 9.17) is 0 Å². The summed E-state index contributed by atoms with van der Waals surface area (Å²) in [5.41, 5.74) is -1.17. The van der Waals surface area contributed by atoms with E-state index >= 15 is 0 Å². The minimum Gasteiger partial charge on any atom is -0.396 e. The summed E-state index contributed by atoms with van der Waals surface area (Å²) in [6.07, 6.45) is 0.357. The Morgan fingerprint density at radius 1 is 0.657 bits per heavy atom. The van der Waals surface area contributed by atoms with E-state index < -0.39 is 60.3 Å². The third kappa shape index (κ3) is 3.50. The zero-order chi connectivity index (χ0) is 25.0. The highest BCUT2D eigenvalue weighted by molar-refractivity contribution is 6.22. The van der Waals surface area contributed by atoms with Crippen LogP contribution in [0.25, 0.3) is 0 Å². The number of fused-ring (bicyclic) bond motifs is 2. The Hall–Kier alpha value is -3.40. The Balaban J connectivity index is 1.51. The van der Waals surface area contributed by atoms with Gasteiger partial charge >= 0.3 is 0 Å². The maximum atomic E-state index is 13.2. The molecule has 0 saturated heterocycles. The van der Waals surface area contributed by atoms with Crippen LogP contribution in [0.15, 0.2) is 48.5 Å². The predicted octanol–water partition coefficient (Wildman–Crippen LogP) is 1.08. The summed E-state index contributed by atoms with van der Waals surface area (Å²) in [7, 11) is 0. The SMILES string of the molecule is O=C1c2ccccc2C(=O)N1CC1(CO)CC(N2C(=O)c3ccccc3C2=O)CC(CO)(CO)C1. The van der Waals surface area contributed by atoms with Crippen molar-refractivity contribution in [1.29, 1.82) is 0 Å². The van der Waals surface area contributed by atoms with Crippen LogP contribution >= 0.6 is 0 Å². The predicted molar refractivity (Wildman–Crippen MR) is 123 cm³/mol. The first-order valence-corrected chi connectivity index (χ1v) is 11.5. The summed E-state index contributed by atoms with van der Waals surface area (Å²) in [5, 5.41) is 31.1. The fourth-order valence-electron chi connectivity index (χ4n) is 6.03. The standard InChI is InChI=1S/C26H26N2O7/c29-13-25(12-27-21(32)17-5-1-2-6-18(17)22(27)33)9-16(10-26(11-25,14-30)15-31)28-23(34)19-7-3-4-8-20(19)24(28)35/h1-8,16,29-31H,9-15H2. The van der Waals surface area contributed by atoms with Crippen LogP contribution in [-0.2, 0) is 0 Å². The maximum absolute atomic E-state index is 13.2. The Kier molecular flexibility index (Phi) is 5.58. The Morgan fingerprint density at radius 3 is 1.49 bits per heavy atom. The molecule has 3 aliphatic rings. The average molecular weight is 479 g/mol. The van der Waals surface area contributed by atoms with Gasteiger partial charge in [0.15, 0.2) is 0 Å². The van der Waals surface area contributed by atoms with E-state index in [9.17, 15) is 34.5 Å². The van der Waals surface area contributed by atoms with E-state index in [1.54, 1.807) is 48.5 Å². The van der Waals surface area contributed by atoms with Crippen molar-refractivity contribution in [3.05, 3.63) is 70.8 Å². The van der Waals surface area contributed by atoms with Gasteiger partial charge in [-0.3, -0.25) is 29.0 Å². The highest BCUT2D eigenvalue weighted by atomic mass is 16.3. The van der Waals surface area contributed by atoms with Gasteiger partial charge in [0, 0.05) is 23.4 Å². The average Bonchev–Trinajstić information content (AvgIpc) is 3.29. The lowest BCUT2D eigenvalue weighted by Gasteiger charge is -2.51. The maximum Gasteiger partial charge on any atom is 0.261 e. The summed E-state index contributed by atoms with van der Waals surface area (Å²) >= 11 is 0. The van der Waals surface area contributed by atoms with Gasteiger partial charge in [-0.2, -0.15) is 0 Å². The van der Waals surface area contributed by atoms with Gasteiger partial charge in [0.05, 0.1) is 42.1 Å². The number of amides is 4. The first kappa shape index (κ1) is 23.3. The van der Waals surface area contributed by atoms with Crippen LogP contribution in [0, 0.1) is 10.8 Å². The van der Waals surface area contributed by atoms with Crippen molar-refractivity contribution in [3.63, 3.8) is 0 Å². The molecule has 5 rings (SSSR count). The van der Waals surface area contributed by atoms with Crippen LogP contribution in [0.5, 0.6) is 0 Å². The number of nitrogens with zero attached hydrogens (tertiary/aromatic N) is 2. The molecule has 0 aromatic heterocycles.